The highest BCUT2D eigenvalue weighted by molar-refractivity contribution is 7.85. The zero-order valence-corrected chi connectivity index (χ0v) is 59.7. The highest BCUT2D eigenvalue weighted by atomic mass is 35.5. The van der Waals surface area contributed by atoms with Crippen LogP contribution in [-0.2, 0) is 33.6 Å². The molecule has 0 radical (unpaired) electrons. The maximum Gasteiger partial charge on any atom is 0.498 e. The number of anilines is 3. The monoisotopic (exact) mass is 1460 g/mol. The summed E-state index contributed by atoms with van der Waals surface area (Å²) < 4.78 is 63.5. The van der Waals surface area contributed by atoms with E-state index in [1.165, 1.54) is 12.1 Å². The van der Waals surface area contributed by atoms with Gasteiger partial charge in [0.15, 0.2) is 12.5 Å². The fraction of sp³-hybridized carbons (Fsp3) is 0.307. The van der Waals surface area contributed by atoms with Gasteiger partial charge in [0.2, 0.25) is 0 Å². The number of carbonyl (C=O) groups is 1. The van der Waals surface area contributed by atoms with Crippen LogP contribution >= 0.6 is 11.6 Å². The SMILES string of the molecule is C.C.CC(C)(C)OC(=O)n1cc(B2OC(C)(C)C(C)(C)O2)cn1.Cc1ccc(S(=O)(=O)O)cc1.Nc1cc(-c2cn[nH]c2)c2ccc(-c3ccn[nH]3)cc2n1.Nc1cc(-c2cn[nH]c2)c2ccc(-c3ccnn3C3CCCCO3)cc2n1.Nc1cc(Cl)c2ccc(-c3ccnn3C3CCCCO3)cc2n1. The van der Waals surface area contributed by atoms with Gasteiger partial charge in [0, 0.05) is 106 Å². The molecule has 0 saturated carbocycles. The molecule has 9 aromatic heterocycles. The Bertz CT molecular complexity index is 5170. The maximum absolute atomic E-state index is 11.9. The molecule has 105 heavy (non-hydrogen) atoms. The van der Waals surface area contributed by atoms with Crippen LogP contribution < -0.4 is 22.7 Å². The van der Waals surface area contributed by atoms with Gasteiger partial charge in [0.1, 0.15) is 23.1 Å². The first-order valence-corrected chi connectivity index (χ1v) is 35.3. The molecule has 16 rings (SSSR count). The zero-order chi connectivity index (χ0) is 72.8. The Labute approximate surface area is 614 Å². The number of nitrogen functional groups attached to an aromatic ring is 3. The van der Waals surface area contributed by atoms with Crippen LogP contribution in [0.15, 0.2) is 176 Å². The number of hydrogen-bond donors (Lipinski definition) is 7. The van der Waals surface area contributed by atoms with Gasteiger partial charge in [-0.1, -0.05) is 80.5 Å². The first-order valence-electron chi connectivity index (χ1n) is 33.5. The second kappa shape index (κ2) is 32.6. The molecule has 0 spiro atoms. The lowest BCUT2D eigenvalue weighted by Crippen LogP contribution is -2.41. The Morgan fingerprint density at radius 3 is 1.55 bits per heavy atom. The van der Waals surface area contributed by atoms with Crippen molar-refractivity contribution in [3.8, 4) is 56.0 Å². The molecule has 0 bridgehead atoms. The van der Waals surface area contributed by atoms with Gasteiger partial charge in [-0.15, -0.1) is 0 Å². The maximum atomic E-state index is 11.9. The highest BCUT2D eigenvalue weighted by Crippen LogP contribution is 2.39. The van der Waals surface area contributed by atoms with Crippen LogP contribution in [0.5, 0.6) is 0 Å². The minimum Gasteiger partial charge on any atom is -0.442 e. The van der Waals surface area contributed by atoms with Gasteiger partial charge in [0.25, 0.3) is 10.1 Å². The lowest BCUT2D eigenvalue weighted by atomic mass is 9.82. The number of carbonyl (C=O) groups excluding carboxylic acids is 1. The normalized spacial score (nSPS) is 16.0. The van der Waals surface area contributed by atoms with Crippen molar-refractivity contribution in [2.24, 2.45) is 0 Å². The molecule has 548 valence electrons. The van der Waals surface area contributed by atoms with Crippen LogP contribution in [0.25, 0.3) is 88.7 Å². The standard InChI is InChI=1S/C20H20N6O.C17H17ClN4O.C15H12N6.C14H23BN2O4.C7H8O3S.2CH4/c21-19-10-16(14-11-22-23-12-14)15-5-4-13(9-17(15)25-19)18-6-7-24-26(18)20-3-1-2-8-27-20;18-13-10-16(19)21-14-9-11(4-5-12(13)14)15-6-7-20-22(15)17-3-1-2-8-23-17;16-15-6-12(10-7-18-19-8-10)11-2-1-9(5-14(11)20-15)13-3-4-17-21-13;1-12(2,3)19-11(18)17-9-10(8-16-17)15-20-13(4,5)14(6,7)21-15;1-6-2-4-7(5-3-6)11(8,9)10;;/h4-7,9-12,20H,1-3,8H2,(H2,21,25)(H,22,23);4-7,9-10,17H,1-3,8H2,(H2,19,21);1-8H,(H2,16,20)(H,17,21)(H,18,19);8-9H,1-7H3;2-5H,1H3,(H,8,9,10);2*1H4. The van der Waals surface area contributed by atoms with E-state index in [9.17, 15) is 13.2 Å². The summed E-state index contributed by atoms with van der Waals surface area (Å²) in [5.41, 5.74) is 30.6. The number of ether oxygens (including phenoxy) is 3. The van der Waals surface area contributed by atoms with Crippen molar-refractivity contribution < 1.29 is 41.3 Å². The topological polar surface area (TPSA) is 374 Å². The molecule has 0 amide bonds. The van der Waals surface area contributed by atoms with Gasteiger partial charge < -0.3 is 40.7 Å². The molecule has 12 heterocycles. The number of hydrogen-bond acceptors (Lipinski definition) is 20. The molecule has 3 aliphatic rings. The fourth-order valence-corrected chi connectivity index (χ4v) is 12.6. The van der Waals surface area contributed by atoms with Gasteiger partial charge in [-0.05, 0) is 172 Å². The van der Waals surface area contributed by atoms with Crippen LogP contribution in [0.2, 0.25) is 5.02 Å². The second-order valence-electron chi connectivity index (χ2n) is 26.9. The van der Waals surface area contributed by atoms with E-state index in [-0.39, 0.29) is 32.2 Å². The van der Waals surface area contributed by atoms with Gasteiger partial charge in [-0.3, -0.25) is 19.8 Å². The highest BCUT2D eigenvalue weighted by Gasteiger charge is 2.52. The number of benzene rings is 4. The van der Waals surface area contributed by atoms with E-state index in [0.29, 0.717) is 27.9 Å². The molecule has 4 aromatic carbocycles. The number of rotatable bonds is 9. The molecular weight excluding hydrogens is 1380 g/mol. The van der Waals surface area contributed by atoms with Crippen LogP contribution in [0.4, 0.5) is 22.2 Å². The van der Waals surface area contributed by atoms with E-state index >= 15 is 0 Å². The predicted molar refractivity (Wildman–Crippen MR) is 410 cm³/mol. The Morgan fingerprint density at radius 1 is 0.610 bits per heavy atom. The third-order valence-electron chi connectivity index (χ3n) is 17.7. The third kappa shape index (κ3) is 18.3. The lowest BCUT2D eigenvalue weighted by molar-refractivity contribution is -0.0384. The van der Waals surface area contributed by atoms with Crippen molar-refractivity contribution in [3.05, 3.63) is 182 Å². The number of pyridine rings is 3. The number of nitrogens with one attached hydrogen (secondary N) is 3. The van der Waals surface area contributed by atoms with E-state index in [1.807, 2.05) is 150 Å². The summed E-state index contributed by atoms with van der Waals surface area (Å²) in [6.07, 6.45) is 21.8. The summed E-state index contributed by atoms with van der Waals surface area (Å²) >= 11 is 6.24. The largest absolute Gasteiger partial charge is 0.498 e. The predicted octanol–water partition coefficient (Wildman–Crippen LogP) is 14.9. The van der Waals surface area contributed by atoms with E-state index < -0.39 is 40.1 Å². The molecule has 2 atom stereocenters. The Hall–Kier alpha value is -10.7. The number of nitrogens with two attached hydrogens (primary N) is 3. The molecule has 30 heteroatoms. The summed E-state index contributed by atoms with van der Waals surface area (Å²) in [5, 5.41) is 37.2. The van der Waals surface area contributed by atoms with Crippen LogP contribution in [0.3, 0.4) is 0 Å². The number of H-pyrrole nitrogens is 3. The number of aromatic amines is 3. The first-order chi connectivity index (χ1) is 49.2. The van der Waals surface area contributed by atoms with Crippen molar-refractivity contribution in [1.29, 1.82) is 0 Å². The Morgan fingerprint density at radius 2 is 1.10 bits per heavy atom. The average molecular weight is 1460 g/mol. The molecule has 2 unspecified atom stereocenters. The van der Waals surface area contributed by atoms with E-state index in [0.717, 1.165) is 151 Å². The van der Waals surface area contributed by atoms with Crippen LogP contribution in [-0.4, -0.2) is 131 Å². The average Bonchev–Trinajstić information content (AvgIpc) is 1.67. The molecule has 3 saturated heterocycles. The summed E-state index contributed by atoms with van der Waals surface area (Å²) in [5.74, 6) is 1.39. The van der Waals surface area contributed by atoms with Gasteiger partial charge in [0.05, 0.1) is 67.1 Å². The number of halogens is 1. The minimum atomic E-state index is -4.02. The first kappa shape index (κ1) is 77.0. The Balaban J connectivity index is 0.000000143. The smallest absolute Gasteiger partial charge is 0.442 e. The number of aromatic nitrogens is 15. The van der Waals surface area contributed by atoms with E-state index in [1.54, 1.807) is 55.4 Å². The molecule has 27 nitrogen and oxygen atoms in total. The van der Waals surface area contributed by atoms with Crippen molar-refractivity contribution in [2.75, 3.05) is 30.4 Å². The molecule has 13 aromatic rings. The van der Waals surface area contributed by atoms with Crippen molar-refractivity contribution in [3.63, 3.8) is 0 Å². The molecule has 3 aliphatic heterocycles. The van der Waals surface area contributed by atoms with Gasteiger partial charge in [-0.25, -0.2) is 29.1 Å². The Kier molecular flexibility index (Phi) is 23.9. The fourth-order valence-electron chi connectivity index (χ4n) is 11.8. The molecular formula is C75H88BClN18O9S. The lowest BCUT2D eigenvalue weighted by Gasteiger charge is -2.32. The molecule has 3 fully saturated rings. The van der Waals surface area contributed by atoms with Gasteiger partial charge in [-0.2, -0.15) is 43.7 Å². The summed E-state index contributed by atoms with van der Waals surface area (Å²) in [6, 6.07) is 35.7. The summed E-state index contributed by atoms with van der Waals surface area (Å²) in [6.45, 7) is 16.8. The summed E-state index contributed by atoms with van der Waals surface area (Å²) in [7, 11) is -4.56. The van der Waals surface area contributed by atoms with E-state index in [4.69, 9.17) is 56.9 Å². The third-order valence-corrected chi connectivity index (χ3v) is 18.9. The van der Waals surface area contributed by atoms with Crippen molar-refractivity contribution in [2.45, 2.75) is 143 Å². The second-order valence-corrected chi connectivity index (χ2v) is 28.7. The number of fused-ring (bicyclic) bond motifs is 3. The van der Waals surface area contributed by atoms with Crippen LogP contribution in [0, 0.1) is 6.92 Å². The van der Waals surface area contributed by atoms with Crippen molar-refractivity contribution in [1.82, 2.24) is 74.9 Å². The number of nitrogens with zero attached hydrogens (tertiary/aromatic N) is 12. The quantitative estimate of drug-likeness (QED) is 0.0521. The number of aryl methyl sites for hydroxylation is 1. The summed E-state index contributed by atoms with van der Waals surface area (Å²) in [4.78, 5) is 25.2. The van der Waals surface area contributed by atoms with E-state index in [2.05, 4.69) is 79.0 Å². The molecule has 0 aliphatic carbocycles. The van der Waals surface area contributed by atoms with Crippen molar-refractivity contribution >= 4 is 90.6 Å². The molecule has 10 N–H and O–H groups in total. The minimum absolute atomic E-state index is 0. The van der Waals surface area contributed by atoms with Crippen LogP contribution in [0.1, 0.15) is 120 Å². The zero-order valence-electron chi connectivity index (χ0n) is 58.2. The van der Waals surface area contributed by atoms with Gasteiger partial charge >= 0.3 is 13.2 Å².